The molecule has 0 amide bonds. The lowest BCUT2D eigenvalue weighted by Crippen LogP contribution is -2.48. The van der Waals surface area contributed by atoms with Gasteiger partial charge in [0.05, 0.1) is 15.7 Å². The molecule has 2 aromatic carbocycles. The maximum absolute atomic E-state index is 13.7. The first kappa shape index (κ1) is 28.5. The molecule has 13 heteroatoms. The van der Waals surface area contributed by atoms with Crippen molar-refractivity contribution in [1.29, 1.82) is 0 Å². The minimum atomic E-state index is -4.61. The standard InChI is InChI=1S/C24H19Cl2NO8S2/c1-14-7-8-24(23(30)31,12-19(14)22(28)29)37(34,35)13-18(36-21-11-16(25)5-6-20(21)26)10-15-3-2-4-17(9-15)27(32)33/h2-11H,12-13H2,1H3,(H,28,29)(H,30,31). The molecule has 0 heterocycles. The second-order valence-electron chi connectivity index (χ2n) is 8.07. The van der Waals surface area contributed by atoms with Crippen LogP contribution in [0.2, 0.25) is 10.0 Å². The fourth-order valence-electron chi connectivity index (χ4n) is 3.59. The van der Waals surface area contributed by atoms with Crippen LogP contribution in [0.5, 0.6) is 0 Å². The van der Waals surface area contributed by atoms with Crippen molar-refractivity contribution in [3.8, 4) is 0 Å². The first-order valence-corrected chi connectivity index (χ1v) is 13.6. The number of non-ortho nitro benzene ring substituents is 1. The molecule has 0 fully saturated rings. The number of rotatable bonds is 9. The summed E-state index contributed by atoms with van der Waals surface area (Å²) in [5.41, 5.74) is -0.0310. The minimum absolute atomic E-state index is 0.0850. The van der Waals surface area contributed by atoms with E-state index in [0.29, 0.717) is 9.92 Å². The summed E-state index contributed by atoms with van der Waals surface area (Å²) in [6, 6.07) is 9.96. The van der Waals surface area contributed by atoms with Gasteiger partial charge in [0.2, 0.25) is 0 Å². The Morgan fingerprint density at radius 2 is 1.89 bits per heavy atom. The number of carbonyl (C=O) groups is 2. The number of nitro benzene ring substituents is 1. The van der Waals surface area contributed by atoms with Crippen molar-refractivity contribution < 1.29 is 33.1 Å². The van der Waals surface area contributed by atoms with Gasteiger partial charge in [-0.25, -0.2) is 13.2 Å². The van der Waals surface area contributed by atoms with Crippen LogP contribution in [0.4, 0.5) is 5.69 Å². The van der Waals surface area contributed by atoms with E-state index in [4.69, 9.17) is 23.2 Å². The number of hydrogen-bond donors (Lipinski definition) is 2. The van der Waals surface area contributed by atoms with E-state index in [0.717, 1.165) is 17.8 Å². The first-order chi connectivity index (χ1) is 17.3. The molecule has 2 aromatic rings. The lowest BCUT2D eigenvalue weighted by molar-refractivity contribution is -0.384. The highest BCUT2D eigenvalue weighted by Gasteiger charge is 2.51. The van der Waals surface area contributed by atoms with Crippen molar-refractivity contribution in [2.24, 2.45) is 0 Å². The van der Waals surface area contributed by atoms with E-state index >= 15 is 0 Å². The number of carboxylic acid groups (broad SMARTS) is 2. The summed E-state index contributed by atoms with van der Waals surface area (Å²) < 4.78 is 24.8. The van der Waals surface area contributed by atoms with Crippen molar-refractivity contribution in [3.05, 3.63) is 96.4 Å². The molecular formula is C24H19Cl2NO8S2. The molecular weight excluding hydrogens is 565 g/mol. The molecule has 0 aliphatic heterocycles. The Morgan fingerprint density at radius 1 is 1.19 bits per heavy atom. The Balaban J connectivity index is 2.13. The molecule has 194 valence electrons. The van der Waals surface area contributed by atoms with E-state index in [1.54, 1.807) is 0 Å². The van der Waals surface area contributed by atoms with E-state index in [9.17, 15) is 38.3 Å². The van der Waals surface area contributed by atoms with Gasteiger partial charge in [0.1, 0.15) is 0 Å². The van der Waals surface area contributed by atoms with Gasteiger partial charge in [-0.3, -0.25) is 14.9 Å². The van der Waals surface area contributed by atoms with Gasteiger partial charge in [-0.05, 0) is 42.3 Å². The molecule has 37 heavy (non-hydrogen) atoms. The Bertz CT molecular complexity index is 1500. The molecule has 0 saturated heterocycles. The summed E-state index contributed by atoms with van der Waals surface area (Å²) in [6.45, 7) is 1.45. The van der Waals surface area contributed by atoms with Crippen LogP contribution in [-0.4, -0.2) is 46.0 Å². The fourth-order valence-corrected chi connectivity index (χ4v) is 7.21. The van der Waals surface area contributed by atoms with Gasteiger partial charge >= 0.3 is 11.9 Å². The summed E-state index contributed by atoms with van der Waals surface area (Å²) in [5.74, 6) is -3.98. The molecule has 0 spiro atoms. The third-order valence-corrected chi connectivity index (χ3v) is 9.77. The van der Waals surface area contributed by atoms with Gasteiger partial charge in [-0.2, -0.15) is 0 Å². The molecule has 0 saturated carbocycles. The van der Waals surface area contributed by atoms with Crippen LogP contribution in [0, 0.1) is 10.1 Å². The molecule has 1 atom stereocenters. The second-order valence-corrected chi connectivity index (χ2v) is 12.3. The van der Waals surface area contributed by atoms with Crippen LogP contribution in [0.15, 0.2) is 75.6 Å². The number of halogens is 2. The highest BCUT2D eigenvalue weighted by molar-refractivity contribution is 8.05. The maximum atomic E-state index is 13.7. The van der Waals surface area contributed by atoms with E-state index < -0.39 is 43.6 Å². The van der Waals surface area contributed by atoms with E-state index in [-0.39, 0.29) is 32.3 Å². The first-order valence-electron chi connectivity index (χ1n) is 10.4. The van der Waals surface area contributed by atoms with E-state index in [1.807, 2.05) is 0 Å². The van der Waals surface area contributed by atoms with Gasteiger partial charge in [-0.1, -0.05) is 59.2 Å². The van der Waals surface area contributed by atoms with Crippen molar-refractivity contribution in [3.63, 3.8) is 0 Å². The monoisotopic (exact) mass is 583 g/mol. The number of benzene rings is 2. The van der Waals surface area contributed by atoms with Crippen molar-refractivity contribution in [2.75, 3.05) is 5.75 Å². The van der Waals surface area contributed by atoms with Crippen molar-refractivity contribution in [2.45, 2.75) is 23.0 Å². The molecule has 9 nitrogen and oxygen atoms in total. The zero-order valence-corrected chi connectivity index (χ0v) is 22.2. The van der Waals surface area contributed by atoms with Crippen LogP contribution < -0.4 is 0 Å². The average Bonchev–Trinajstić information content (AvgIpc) is 2.81. The zero-order chi connectivity index (χ0) is 27.5. The normalized spacial score (nSPS) is 18.1. The van der Waals surface area contributed by atoms with Crippen LogP contribution in [-0.2, 0) is 19.4 Å². The lowest BCUT2D eigenvalue weighted by atomic mass is 9.89. The molecule has 1 aliphatic rings. The van der Waals surface area contributed by atoms with Gasteiger partial charge in [0, 0.05) is 38.9 Å². The van der Waals surface area contributed by atoms with Crippen molar-refractivity contribution >= 4 is 68.5 Å². The Hall–Kier alpha value is -3.12. The van der Waals surface area contributed by atoms with Gasteiger partial charge < -0.3 is 10.2 Å². The molecule has 1 unspecified atom stereocenters. The smallest absolute Gasteiger partial charge is 0.331 e. The second kappa shape index (κ2) is 11.1. The van der Waals surface area contributed by atoms with Crippen LogP contribution in [0.25, 0.3) is 6.08 Å². The van der Waals surface area contributed by atoms with Gasteiger partial charge in [-0.15, -0.1) is 0 Å². The summed E-state index contributed by atoms with van der Waals surface area (Å²) >= 11 is 13.2. The maximum Gasteiger partial charge on any atom is 0.331 e. The quantitative estimate of drug-likeness (QED) is 0.217. The number of hydrogen-bond acceptors (Lipinski definition) is 7. The SMILES string of the molecule is CC1=C(C(=O)O)CC(C(=O)O)(S(=O)(=O)CC(=Cc2cccc([N+](=O)[O-])c2)Sc2cc(Cl)ccc2Cl)C=C1. The summed E-state index contributed by atoms with van der Waals surface area (Å²) in [6.07, 6.45) is 2.75. The zero-order valence-electron chi connectivity index (χ0n) is 19.1. The van der Waals surface area contributed by atoms with Crippen LogP contribution in [0.1, 0.15) is 18.9 Å². The van der Waals surface area contributed by atoms with Crippen molar-refractivity contribution in [1.82, 2.24) is 0 Å². The highest BCUT2D eigenvalue weighted by atomic mass is 35.5. The summed E-state index contributed by atoms with van der Waals surface area (Å²) in [4.78, 5) is 35.1. The predicted octanol–water partition coefficient (Wildman–Crippen LogP) is 5.63. The fraction of sp³-hybridized carbons (Fsp3) is 0.167. The third kappa shape index (κ3) is 6.24. The molecule has 3 rings (SSSR count). The number of nitrogens with zero attached hydrogens (tertiary/aromatic N) is 1. The third-order valence-electron chi connectivity index (χ3n) is 5.57. The topological polar surface area (TPSA) is 152 Å². The van der Waals surface area contributed by atoms with Gasteiger partial charge in [0.25, 0.3) is 5.69 Å². The molecule has 0 aromatic heterocycles. The number of nitro groups is 1. The largest absolute Gasteiger partial charge is 0.480 e. The summed E-state index contributed by atoms with van der Waals surface area (Å²) in [7, 11) is -4.61. The number of thioether (sulfide) groups is 1. The average molecular weight is 584 g/mol. The lowest BCUT2D eigenvalue weighted by Gasteiger charge is -2.30. The number of sulfone groups is 1. The predicted molar refractivity (Wildman–Crippen MR) is 142 cm³/mol. The van der Waals surface area contributed by atoms with Crippen LogP contribution >= 0.6 is 35.0 Å². The summed E-state index contributed by atoms with van der Waals surface area (Å²) in [5, 5.41) is 31.3. The Labute approximate surface area is 226 Å². The Morgan fingerprint density at radius 3 is 2.51 bits per heavy atom. The molecule has 2 N–H and O–H groups in total. The van der Waals surface area contributed by atoms with E-state index in [1.165, 1.54) is 61.5 Å². The Kier molecular flexibility index (Phi) is 8.53. The van der Waals surface area contributed by atoms with E-state index in [2.05, 4.69) is 0 Å². The molecule has 0 radical (unpaired) electrons. The number of allylic oxidation sites excluding steroid dienone is 2. The molecule has 0 bridgehead atoms. The molecule has 1 aliphatic carbocycles. The van der Waals surface area contributed by atoms with Gasteiger partial charge in [0.15, 0.2) is 14.6 Å². The number of carboxylic acids is 2. The minimum Gasteiger partial charge on any atom is -0.480 e. The highest BCUT2D eigenvalue weighted by Crippen LogP contribution is 2.40. The number of aliphatic carboxylic acids is 2. The van der Waals surface area contributed by atoms with Crippen LogP contribution in [0.3, 0.4) is 0 Å².